The molecule has 17 heavy (non-hydrogen) atoms. The number of hydrogen-bond acceptors (Lipinski definition) is 2. The summed E-state index contributed by atoms with van der Waals surface area (Å²) in [7, 11) is 0. The lowest BCUT2D eigenvalue weighted by Crippen LogP contribution is -2.37. The van der Waals surface area contributed by atoms with Crippen LogP contribution >= 0.6 is 0 Å². The third-order valence-corrected chi connectivity index (χ3v) is 4.40. The SMILES string of the molecule is c1cnc2[nH]cc(C3CC4CCC(C3)N4)c2c1. The van der Waals surface area contributed by atoms with Crippen molar-refractivity contribution in [2.45, 2.75) is 43.7 Å². The molecule has 0 amide bonds. The molecule has 2 aromatic heterocycles. The number of piperidine rings is 1. The molecule has 2 aliphatic heterocycles. The lowest BCUT2D eigenvalue weighted by atomic mass is 9.86. The Morgan fingerprint density at radius 2 is 2.00 bits per heavy atom. The van der Waals surface area contributed by atoms with Gasteiger partial charge in [-0.15, -0.1) is 0 Å². The fraction of sp³-hybridized carbons (Fsp3) is 0.500. The van der Waals surface area contributed by atoms with Gasteiger partial charge in [0.2, 0.25) is 0 Å². The van der Waals surface area contributed by atoms with Gasteiger partial charge in [0.1, 0.15) is 5.65 Å². The van der Waals surface area contributed by atoms with Gasteiger partial charge in [0.15, 0.2) is 0 Å². The van der Waals surface area contributed by atoms with Gasteiger partial charge in [-0.05, 0) is 49.3 Å². The van der Waals surface area contributed by atoms with Gasteiger partial charge in [-0.25, -0.2) is 4.98 Å². The van der Waals surface area contributed by atoms with Gasteiger partial charge < -0.3 is 10.3 Å². The van der Waals surface area contributed by atoms with Crippen LogP contribution in [0, 0.1) is 0 Å². The van der Waals surface area contributed by atoms with Gasteiger partial charge in [0, 0.05) is 29.9 Å². The van der Waals surface area contributed by atoms with Crippen LogP contribution < -0.4 is 5.32 Å². The monoisotopic (exact) mass is 227 g/mol. The van der Waals surface area contributed by atoms with Crippen LogP contribution in [0.4, 0.5) is 0 Å². The smallest absolute Gasteiger partial charge is 0.137 e. The quantitative estimate of drug-likeness (QED) is 0.786. The first kappa shape index (κ1) is 9.66. The molecule has 2 N–H and O–H groups in total. The molecule has 0 aromatic carbocycles. The minimum absolute atomic E-state index is 0.715. The summed E-state index contributed by atoms with van der Waals surface area (Å²) in [5.41, 5.74) is 2.51. The Bertz CT molecular complexity index is 533. The molecule has 4 rings (SSSR count). The van der Waals surface area contributed by atoms with Crippen molar-refractivity contribution in [1.29, 1.82) is 0 Å². The fourth-order valence-electron chi connectivity index (χ4n) is 3.63. The van der Waals surface area contributed by atoms with E-state index in [1.165, 1.54) is 36.6 Å². The Morgan fingerprint density at radius 3 is 2.82 bits per heavy atom. The van der Waals surface area contributed by atoms with Crippen LogP contribution in [0.25, 0.3) is 11.0 Å². The summed E-state index contributed by atoms with van der Waals surface area (Å²) in [4.78, 5) is 7.68. The van der Waals surface area contributed by atoms with E-state index < -0.39 is 0 Å². The highest BCUT2D eigenvalue weighted by Gasteiger charge is 2.34. The Kier molecular flexibility index (Phi) is 2.03. The first-order chi connectivity index (χ1) is 8.40. The summed E-state index contributed by atoms with van der Waals surface area (Å²) in [5.74, 6) is 0.715. The van der Waals surface area contributed by atoms with Crippen molar-refractivity contribution in [3.8, 4) is 0 Å². The van der Waals surface area contributed by atoms with Crippen molar-refractivity contribution in [3.63, 3.8) is 0 Å². The van der Waals surface area contributed by atoms with Gasteiger partial charge in [-0.3, -0.25) is 0 Å². The molecule has 2 saturated heterocycles. The normalized spacial score (nSPS) is 32.1. The largest absolute Gasteiger partial charge is 0.346 e. The van der Waals surface area contributed by atoms with Crippen LogP contribution in [0.1, 0.15) is 37.2 Å². The average Bonchev–Trinajstić information content (AvgIpc) is 2.93. The van der Waals surface area contributed by atoms with E-state index in [2.05, 4.69) is 27.5 Å². The van der Waals surface area contributed by atoms with Crippen LogP contribution in [0.2, 0.25) is 0 Å². The van der Waals surface area contributed by atoms with E-state index in [4.69, 9.17) is 0 Å². The number of nitrogens with zero attached hydrogens (tertiary/aromatic N) is 1. The maximum Gasteiger partial charge on any atom is 0.137 e. The number of H-pyrrole nitrogens is 1. The second-order valence-corrected chi connectivity index (χ2v) is 5.45. The minimum atomic E-state index is 0.715. The van der Waals surface area contributed by atoms with Crippen molar-refractivity contribution < 1.29 is 0 Å². The number of aromatic amines is 1. The number of nitrogens with one attached hydrogen (secondary N) is 2. The number of rotatable bonds is 1. The molecule has 2 aliphatic rings. The molecule has 0 saturated carbocycles. The molecule has 2 unspecified atom stereocenters. The Hall–Kier alpha value is -1.35. The molecule has 2 bridgehead atoms. The van der Waals surface area contributed by atoms with Crippen LogP contribution in [0.3, 0.4) is 0 Å². The average molecular weight is 227 g/mol. The van der Waals surface area contributed by atoms with Crippen molar-refractivity contribution in [2.24, 2.45) is 0 Å². The second kappa shape index (κ2) is 3.57. The molecule has 2 aromatic rings. The van der Waals surface area contributed by atoms with E-state index >= 15 is 0 Å². The summed E-state index contributed by atoms with van der Waals surface area (Å²) in [6, 6.07) is 5.73. The van der Waals surface area contributed by atoms with Gasteiger partial charge >= 0.3 is 0 Å². The zero-order chi connectivity index (χ0) is 11.2. The van der Waals surface area contributed by atoms with E-state index in [1.54, 1.807) is 0 Å². The highest BCUT2D eigenvalue weighted by molar-refractivity contribution is 5.80. The van der Waals surface area contributed by atoms with E-state index in [-0.39, 0.29) is 0 Å². The standard InChI is InChI=1S/C14H17N3/c1-2-12-13(8-16-14(12)15-5-1)9-6-10-3-4-11(7-9)17-10/h1-2,5,8-11,17H,3-4,6-7H2,(H,15,16). The van der Waals surface area contributed by atoms with E-state index in [1.807, 2.05) is 12.3 Å². The maximum absolute atomic E-state index is 4.38. The van der Waals surface area contributed by atoms with Gasteiger partial charge in [0.25, 0.3) is 0 Å². The number of hydrogen-bond donors (Lipinski definition) is 2. The summed E-state index contributed by atoms with van der Waals surface area (Å²) < 4.78 is 0. The van der Waals surface area contributed by atoms with Gasteiger partial charge in [-0.1, -0.05) is 0 Å². The molecular formula is C14H17N3. The Morgan fingerprint density at radius 1 is 1.18 bits per heavy atom. The van der Waals surface area contributed by atoms with Crippen LogP contribution in [0.15, 0.2) is 24.5 Å². The van der Waals surface area contributed by atoms with Crippen LogP contribution in [0.5, 0.6) is 0 Å². The van der Waals surface area contributed by atoms with Gasteiger partial charge in [0.05, 0.1) is 0 Å². The van der Waals surface area contributed by atoms with Crippen LogP contribution in [-0.2, 0) is 0 Å². The third-order valence-electron chi connectivity index (χ3n) is 4.40. The van der Waals surface area contributed by atoms with Crippen molar-refractivity contribution >= 4 is 11.0 Å². The predicted molar refractivity (Wildman–Crippen MR) is 68.0 cm³/mol. The summed E-state index contributed by atoms with van der Waals surface area (Å²) in [6.07, 6.45) is 9.34. The molecule has 3 heteroatoms. The Labute approximate surface area is 101 Å². The zero-order valence-electron chi connectivity index (χ0n) is 9.82. The molecule has 88 valence electrons. The lowest BCUT2D eigenvalue weighted by Gasteiger charge is -2.28. The maximum atomic E-state index is 4.38. The number of pyridine rings is 1. The minimum Gasteiger partial charge on any atom is -0.346 e. The topological polar surface area (TPSA) is 40.7 Å². The molecule has 0 spiro atoms. The molecule has 0 aliphatic carbocycles. The van der Waals surface area contributed by atoms with Crippen molar-refractivity contribution in [3.05, 3.63) is 30.1 Å². The number of aromatic nitrogens is 2. The van der Waals surface area contributed by atoms with E-state index in [9.17, 15) is 0 Å². The highest BCUT2D eigenvalue weighted by Crippen LogP contribution is 2.39. The van der Waals surface area contributed by atoms with Crippen LogP contribution in [-0.4, -0.2) is 22.1 Å². The summed E-state index contributed by atoms with van der Waals surface area (Å²) in [6.45, 7) is 0. The third kappa shape index (κ3) is 1.49. The summed E-state index contributed by atoms with van der Waals surface area (Å²) >= 11 is 0. The highest BCUT2D eigenvalue weighted by atomic mass is 15.0. The lowest BCUT2D eigenvalue weighted by molar-refractivity contribution is 0.364. The predicted octanol–water partition coefficient (Wildman–Crippen LogP) is 2.56. The van der Waals surface area contributed by atoms with Gasteiger partial charge in [-0.2, -0.15) is 0 Å². The zero-order valence-corrected chi connectivity index (χ0v) is 9.82. The van der Waals surface area contributed by atoms with Crippen molar-refractivity contribution in [2.75, 3.05) is 0 Å². The molecule has 0 radical (unpaired) electrons. The molecule has 2 fully saturated rings. The molecular weight excluding hydrogens is 210 g/mol. The van der Waals surface area contributed by atoms with E-state index in [0.717, 1.165) is 17.7 Å². The molecule has 4 heterocycles. The molecule has 3 nitrogen and oxygen atoms in total. The first-order valence-electron chi connectivity index (χ1n) is 6.58. The fourth-order valence-corrected chi connectivity index (χ4v) is 3.63. The van der Waals surface area contributed by atoms with Crippen molar-refractivity contribution in [1.82, 2.24) is 15.3 Å². The second-order valence-electron chi connectivity index (χ2n) is 5.45. The Balaban J connectivity index is 1.74. The molecule has 2 atom stereocenters. The summed E-state index contributed by atoms with van der Waals surface area (Å²) in [5, 5.41) is 5.02. The number of fused-ring (bicyclic) bond motifs is 3. The first-order valence-corrected chi connectivity index (χ1v) is 6.58. The van der Waals surface area contributed by atoms with E-state index in [0.29, 0.717) is 5.92 Å².